The van der Waals surface area contributed by atoms with Gasteiger partial charge in [-0.15, -0.1) is 0 Å². The Morgan fingerprint density at radius 2 is 2.40 bits per heavy atom. The highest BCUT2D eigenvalue weighted by molar-refractivity contribution is 5.82. The van der Waals surface area contributed by atoms with E-state index in [9.17, 15) is 4.79 Å². The molecule has 1 amide bonds. The highest BCUT2D eigenvalue weighted by Crippen LogP contribution is 2.22. The number of carbonyl (C=O) groups is 1. The van der Waals surface area contributed by atoms with Crippen LogP contribution in [-0.4, -0.2) is 42.7 Å². The molecule has 0 radical (unpaired) electrons. The summed E-state index contributed by atoms with van der Waals surface area (Å²) >= 11 is 0. The first-order valence-electron chi connectivity index (χ1n) is 6.79. The van der Waals surface area contributed by atoms with Crippen LogP contribution in [0.25, 0.3) is 0 Å². The number of rotatable bonds is 3. The fourth-order valence-corrected chi connectivity index (χ4v) is 2.28. The molecule has 0 spiro atoms. The van der Waals surface area contributed by atoms with Crippen LogP contribution in [0.2, 0.25) is 0 Å². The second-order valence-electron chi connectivity index (χ2n) is 5.09. The number of aromatic nitrogens is 1. The number of ether oxygens (including phenoxy) is 1. The van der Waals surface area contributed by atoms with Crippen LogP contribution in [-0.2, 0) is 9.53 Å². The minimum Gasteiger partial charge on any atom is -0.365 e. The quantitative estimate of drug-likeness (QED) is 0.863. The predicted octanol–water partition coefficient (Wildman–Crippen LogP) is 0.437. The Kier molecular flexibility index (Phi) is 3.52. The Morgan fingerprint density at radius 1 is 1.55 bits per heavy atom. The first kappa shape index (κ1) is 12.9. The van der Waals surface area contributed by atoms with Crippen molar-refractivity contribution >= 4 is 11.6 Å². The van der Waals surface area contributed by atoms with Gasteiger partial charge in [0.05, 0.1) is 30.6 Å². The smallest absolute Gasteiger partial charge is 0.251 e. The highest BCUT2D eigenvalue weighted by Gasteiger charge is 2.31. The molecular formula is C14H16N4O2. The lowest BCUT2D eigenvalue weighted by Gasteiger charge is -2.33. The molecule has 6 nitrogen and oxygen atoms in total. The fraction of sp³-hybridized carbons (Fsp3) is 0.500. The molecule has 1 atom stereocenters. The van der Waals surface area contributed by atoms with Gasteiger partial charge in [-0.05, 0) is 18.9 Å². The molecule has 1 unspecified atom stereocenters. The number of nitrogens with zero attached hydrogens (tertiary/aromatic N) is 3. The van der Waals surface area contributed by atoms with Crippen molar-refractivity contribution in [1.29, 1.82) is 5.26 Å². The third kappa shape index (κ3) is 2.73. The summed E-state index contributed by atoms with van der Waals surface area (Å²) in [5.74, 6) is -0.0559. The Hall–Kier alpha value is -2.13. The maximum absolute atomic E-state index is 12.0. The summed E-state index contributed by atoms with van der Waals surface area (Å²) in [6, 6.07) is 4.17. The maximum Gasteiger partial charge on any atom is 0.251 e. The van der Waals surface area contributed by atoms with Crippen molar-refractivity contribution in [2.24, 2.45) is 0 Å². The summed E-state index contributed by atoms with van der Waals surface area (Å²) < 4.78 is 5.54. The normalized spacial score (nSPS) is 22.1. The number of pyridine rings is 1. The zero-order valence-corrected chi connectivity index (χ0v) is 11.1. The summed E-state index contributed by atoms with van der Waals surface area (Å²) in [5.41, 5.74) is 1.34. The van der Waals surface area contributed by atoms with E-state index >= 15 is 0 Å². The lowest BCUT2D eigenvalue weighted by molar-refractivity contribution is -0.133. The SMILES string of the molecule is N#Cc1ccncc1N1CCOC(C(=O)NC2CC2)C1. The van der Waals surface area contributed by atoms with Gasteiger partial charge in [-0.2, -0.15) is 5.26 Å². The molecule has 6 heteroatoms. The van der Waals surface area contributed by atoms with Crippen LogP contribution in [0.15, 0.2) is 18.5 Å². The second kappa shape index (κ2) is 5.47. The van der Waals surface area contributed by atoms with Gasteiger partial charge in [0, 0.05) is 18.8 Å². The Morgan fingerprint density at radius 3 is 3.15 bits per heavy atom. The Bertz CT molecular complexity index is 550. The maximum atomic E-state index is 12.0. The van der Waals surface area contributed by atoms with E-state index in [-0.39, 0.29) is 5.91 Å². The molecule has 1 N–H and O–H groups in total. The first-order chi connectivity index (χ1) is 9.78. The zero-order valence-electron chi connectivity index (χ0n) is 11.1. The Labute approximate surface area is 117 Å². The van der Waals surface area contributed by atoms with E-state index < -0.39 is 6.10 Å². The van der Waals surface area contributed by atoms with Crippen molar-refractivity contribution in [3.05, 3.63) is 24.0 Å². The average molecular weight is 272 g/mol. The number of carbonyl (C=O) groups excluding carboxylic acids is 1. The van der Waals surface area contributed by atoms with Gasteiger partial charge in [-0.25, -0.2) is 0 Å². The average Bonchev–Trinajstić information content (AvgIpc) is 3.31. The highest BCUT2D eigenvalue weighted by atomic mass is 16.5. The van der Waals surface area contributed by atoms with Gasteiger partial charge in [0.15, 0.2) is 6.10 Å². The van der Waals surface area contributed by atoms with Gasteiger partial charge in [0.2, 0.25) is 0 Å². The van der Waals surface area contributed by atoms with Gasteiger partial charge >= 0.3 is 0 Å². The van der Waals surface area contributed by atoms with Gasteiger partial charge in [0.1, 0.15) is 6.07 Å². The van der Waals surface area contributed by atoms with Gasteiger partial charge in [-0.1, -0.05) is 0 Å². The molecule has 0 aromatic carbocycles. The van der Waals surface area contributed by atoms with E-state index in [0.29, 0.717) is 31.3 Å². The molecule has 3 rings (SSSR count). The number of morpholine rings is 1. The monoisotopic (exact) mass is 272 g/mol. The summed E-state index contributed by atoms with van der Waals surface area (Å²) in [4.78, 5) is 18.1. The summed E-state index contributed by atoms with van der Waals surface area (Å²) in [7, 11) is 0. The van der Waals surface area contributed by atoms with E-state index in [1.807, 2.05) is 4.90 Å². The molecule has 1 aromatic heterocycles. The molecule has 1 aromatic rings. The summed E-state index contributed by atoms with van der Waals surface area (Å²) in [6.45, 7) is 1.59. The number of nitrogens with one attached hydrogen (secondary N) is 1. The van der Waals surface area contributed by atoms with Crippen molar-refractivity contribution in [3.8, 4) is 6.07 Å². The van der Waals surface area contributed by atoms with Crippen LogP contribution in [0.3, 0.4) is 0 Å². The topological polar surface area (TPSA) is 78.2 Å². The number of amides is 1. The molecule has 0 bridgehead atoms. The third-order valence-electron chi connectivity index (χ3n) is 3.54. The van der Waals surface area contributed by atoms with Crippen LogP contribution >= 0.6 is 0 Å². The molecule has 1 saturated carbocycles. The van der Waals surface area contributed by atoms with Crippen molar-refractivity contribution in [3.63, 3.8) is 0 Å². The molecule has 2 aliphatic rings. The minimum atomic E-state index is -0.476. The van der Waals surface area contributed by atoms with E-state index in [1.54, 1.807) is 18.5 Å². The van der Waals surface area contributed by atoms with Crippen molar-refractivity contribution < 1.29 is 9.53 Å². The summed E-state index contributed by atoms with van der Waals surface area (Å²) in [5, 5.41) is 12.1. The van der Waals surface area contributed by atoms with Gasteiger partial charge in [-0.3, -0.25) is 9.78 Å². The van der Waals surface area contributed by atoms with Crippen molar-refractivity contribution in [2.45, 2.75) is 25.0 Å². The van der Waals surface area contributed by atoms with Crippen LogP contribution < -0.4 is 10.2 Å². The second-order valence-corrected chi connectivity index (χ2v) is 5.09. The van der Waals surface area contributed by atoms with Gasteiger partial charge < -0.3 is 15.0 Å². The van der Waals surface area contributed by atoms with Crippen LogP contribution in [0.5, 0.6) is 0 Å². The van der Waals surface area contributed by atoms with E-state index in [1.165, 1.54) is 0 Å². The molecule has 2 heterocycles. The molecule has 20 heavy (non-hydrogen) atoms. The third-order valence-corrected chi connectivity index (χ3v) is 3.54. The number of anilines is 1. The minimum absolute atomic E-state index is 0.0559. The summed E-state index contributed by atoms with van der Waals surface area (Å²) in [6.07, 6.45) is 4.91. The molecule has 1 saturated heterocycles. The van der Waals surface area contributed by atoms with Crippen LogP contribution in [0.4, 0.5) is 5.69 Å². The molecule has 104 valence electrons. The van der Waals surface area contributed by atoms with Crippen LogP contribution in [0, 0.1) is 11.3 Å². The molecular weight excluding hydrogens is 256 g/mol. The first-order valence-corrected chi connectivity index (χ1v) is 6.79. The number of hydrogen-bond acceptors (Lipinski definition) is 5. The lowest BCUT2D eigenvalue weighted by Crippen LogP contribution is -2.50. The molecule has 2 fully saturated rings. The zero-order chi connectivity index (χ0) is 13.9. The van der Waals surface area contributed by atoms with E-state index in [4.69, 9.17) is 10.00 Å². The largest absolute Gasteiger partial charge is 0.365 e. The standard InChI is InChI=1S/C14H16N4O2/c15-7-10-3-4-16-8-12(10)18-5-6-20-13(9-18)14(19)17-11-1-2-11/h3-4,8,11,13H,1-2,5-6,9H2,(H,17,19). The van der Waals surface area contributed by atoms with Crippen LogP contribution in [0.1, 0.15) is 18.4 Å². The Balaban J connectivity index is 1.71. The number of hydrogen-bond donors (Lipinski definition) is 1. The lowest BCUT2D eigenvalue weighted by atomic mass is 10.2. The van der Waals surface area contributed by atoms with Crippen molar-refractivity contribution in [2.75, 3.05) is 24.6 Å². The predicted molar refractivity (Wildman–Crippen MR) is 72.1 cm³/mol. The molecule has 1 aliphatic carbocycles. The molecule has 1 aliphatic heterocycles. The number of nitriles is 1. The van der Waals surface area contributed by atoms with E-state index in [0.717, 1.165) is 18.5 Å². The van der Waals surface area contributed by atoms with Gasteiger partial charge in [0.25, 0.3) is 5.91 Å². The fourth-order valence-electron chi connectivity index (χ4n) is 2.28. The van der Waals surface area contributed by atoms with E-state index in [2.05, 4.69) is 16.4 Å². The van der Waals surface area contributed by atoms with Crippen molar-refractivity contribution in [1.82, 2.24) is 10.3 Å².